The number of amides is 1. The van der Waals surface area contributed by atoms with Gasteiger partial charge in [0, 0.05) is 18.7 Å². The van der Waals surface area contributed by atoms with Gasteiger partial charge in [-0.25, -0.2) is 8.42 Å². The Hall–Kier alpha value is -2.49. The van der Waals surface area contributed by atoms with Crippen LogP contribution in [0.1, 0.15) is 29.6 Å². The molecule has 1 aliphatic rings. The maximum absolute atomic E-state index is 13.0. The van der Waals surface area contributed by atoms with Crippen LogP contribution < -0.4 is 19.5 Å². The highest BCUT2D eigenvalue weighted by molar-refractivity contribution is 7.89. The largest absolute Gasteiger partial charge is 0.495 e. The topological polar surface area (TPSA) is 94.2 Å². The summed E-state index contributed by atoms with van der Waals surface area (Å²) in [6, 6.07) is 7.34. The summed E-state index contributed by atoms with van der Waals surface area (Å²) in [7, 11) is 0.659. The molecule has 2 aromatic rings. The van der Waals surface area contributed by atoms with Crippen LogP contribution in [0.5, 0.6) is 17.2 Å². The third-order valence-electron chi connectivity index (χ3n) is 5.07. The van der Waals surface area contributed by atoms with Crippen LogP contribution in [-0.2, 0) is 10.0 Å². The normalized spacial score (nSPS) is 14.7. The fourth-order valence-corrected chi connectivity index (χ4v) is 5.27. The molecular formula is C21H25ClN2O6S. The minimum atomic E-state index is -3.67. The van der Waals surface area contributed by atoms with E-state index in [1.165, 1.54) is 56.0 Å². The maximum atomic E-state index is 13.0. The van der Waals surface area contributed by atoms with Crippen LogP contribution in [0.2, 0.25) is 5.02 Å². The number of hydrogen-bond acceptors (Lipinski definition) is 6. The third kappa shape index (κ3) is 4.89. The van der Waals surface area contributed by atoms with Gasteiger partial charge >= 0.3 is 0 Å². The standard InChI is InChI=1S/C21H25ClN2O6S/c1-28-18-8-7-15(31(26,27)24-9-5-4-6-10-24)13-17(18)23-21(25)14-11-16(22)20(30-3)19(12-14)29-2/h7-8,11-13H,4-6,9-10H2,1-3H3,(H,23,25). The van der Waals surface area contributed by atoms with Gasteiger partial charge in [-0.1, -0.05) is 18.0 Å². The molecule has 1 fully saturated rings. The zero-order chi connectivity index (χ0) is 22.6. The number of anilines is 1. The molecule has 2 aromatic carbocycles. The van der Waals surface area contributed by atoms with Gasteiger partial charge in [-0.05, 0) is 43.2 Å². The molecule has 0 spiro atoms. The molecule has 0 atom stereocenters. The van der Waals surface area contributed by atoms with E-state index in [4.69, 9.17) is 25.8 Å². The van der Waals surface area contributed by atoms with Gasteiger partial charge in [-0.15, -0.1) is 0 Å². The summed E-state index contributed by atoms with van der Waals surface area (Å²) in [6.45, 7) is 0.973. The van der Waals surface area contributed by atoms with Gasteiger partial charge in [0.2, 0.25) is 10.0 Å². The molecule has 1 aliphatic heterocycles. The number of piperidine rings is 1. The summed E-state index contributed by atoms with van der Waals surface area (Å²) in [4.78, 5) is 13.0. The number of carbonyl (C=O) groups is 1. The second-order valence-electron chi connectivity index (χ2n) is 6.97. The van der Waals surface area contributed by atoms with Crippen molar-refractivity contribution in [3.63, 3.8) is 0 Å². The Morgan fingerprint density at radius 3 is 2.26 bits per heavy atom. The maximum Gasteiger partial charge on any atom is 0.255 e. The van der Waals surface area contributed by atoms with Gasteiger partial charge < -0.3 is 19.5 Å². The van der Waals surface area contributed by atoms with Crippen LogP contribution in [0, 0.1) is 0 Å². The molecule has 1 amide bonds. The first-order chi connectivity index (χ1) is 14.8. The van der Waals surface area contributed by atoms with Crippen LogP contribution in [0.15, 0.2) is 35.2 Å². The molecule has 168 valence electrons. The average molecular weight is 469 g/mol. The minimum absolute atomic E-state index is 0.0934. The van der Waals surface area contributed by atoms with E-state index in [1.54, 1.807) is 0 Å². The number of sulfonamides is 1. The van der Waals surface area contributed by atoms with E-state index in [0.717, 1.165) is 19.3 Å². The number of methoxy groups -OCH3 is 3. The number of nitrogens with one attached hydrogen (secondary N) is 1. The summed E-state index contributed by atoms with van der Waals surface area (Å²) in [6.07, 6.45) is 2.68. The highest BCUT2D eigenvalue weighted by atomic mass is 35.5. The van der Waals surface area contributed by atoms with Crippen molar-refractivity contribution in [3.8, 4) is 17.2 Å². The van der Waals surface area contributed by atoms with Crippen LogP contribution in [0.4, 0.5) is 5.69 Å². The SMILES string of the molecule is COc1ccc(S(=O)(=O)N2CCCCC2)cc1NC(=O)c1cc(Cl)c(OC)c(OC)c1. The Balaban J connectivity index is 1.93. The predicted octanol–water partition coefficient (Wildman–Crippen LogP) is 3.79. The molecule has 0 unspecified atom stereocenters. The van der Waals surface area contributed by atoms with Crippen molar-refractivity contribution in [1.82, 2.24) is 4.31 Å². The fourth-order valence-electron chi connectivity index (χ4n) is 3.44. The zero-order valence-electron chi connectivity index (χ0n) is 17.6. The van der Waals surface area contributed by atoms with E-state index in [9.17, 15) is 13.2 Å². The van der Waals surface area contributed by atoms with E-state index in [-0.39, 0.29) is 21.2 Å². The minimum Gasteiger partial charge on any atom is -0.495 e. The van der Waals surface area contributed by atoms with E-state index < -0.39 is 15.9 Å². The average Bonchev–Trinajstić information content (AvgIpc) is 2.78. The van der Waals surface area contributed by atoms with Crippen molar-refractivity contribution in [3.05, 3.63) is 40.9 Å². The summed E-state index contributed by atoms with van der Waals surface area (Å²) >= 11 is 6.20. The van der Waals surface area contributed by atoms with E-state index >= 15 is 0 Å². The van der Waals surface area contributed by atoms with E-state index in [1.807, 2.05) is 0 Å². The second-order valence-corrected chi connectivity index (χ2v) is 9.32. The Morgan fingerprint density at radius 2 is 1.65 bits per heavy atom. The van der Waals surface area contributed by atoms with Gasteiger partial charge in [-0.2, -0.15) is 4.31 Å². The molecule has 0 aromatic heterocycles. The lowest BCUT2D eigenvalue weighted by atomic mass is 10.1. The van der Waals surface area contributed by atoms with Gasteiger partial charge in [-0.3, -0.25) is 4.79 Å². The molecule has 0 radical (unpaired) electrons. The van der Waals surface area contributed by atoms with Crippen LogP contribution in [-0.4, -0.2) is 53.0 Å². The number of benzene rings is 2. The molecule has 1 N–H and O–H groups in total. The van der Waals surface area contributed by atoms with Crippen molar-refractivity contribution in [1.29, 1.82) is 0 Å². The number of ether oxygens (including phenoxy) is 3. The van der Waals surface area contributed by atoms with Crippen molar-refractivity contribution in [2.24, 2.45) is 0 Å². The summed E-state index contributed by atoms with van der Waals surface area (Å²) in [5.74, 6) is 0.438. The molecule has 0 aliphatic carbocycles. The van der Waals surface area contributed by atoms with Gasteiger partial charge in [0.05, 0.1) is 36.9 Å². The fraction of sp³-hybridized carbons (Fsp3) is 0.381. The molecule has 0 bridgehead atoms. The van der Waals surface area contributed by atoms with Crippen LogP contribution in [0.3, 0.4) is 0 Å². The van der Waals surface area contributed by atoms with Crippen molar-refractivity contribution >= 4 is 33.2 Å². The molecule has 1 heterocycles. The zero-order valence-corrected chi connectivity index (χ0v) is 19.2. The molecule has 10 heteroatoms. The summed E-state index contributed by atoms with van der Waals surface area (Å²) < 4.78 is 43.2. The Bertz CT molecular complexity index is 1070. The lowest BCUT2D eigenvalue weighted by Gasteiger charge is -2.26. The van der Waals surface area contributed by atoms with E-state index in [0.29, 0.717) is 30.3 Å². The summed E-state index contributed by atoms with van der Waals surface area (Å²) in [5, 5.41) is 2.92. The third-order valence-corrected chi connectivity index (χ3v) is 7.24. The first-order valence-electron chi connectivity index (χ1n) is 9.73. The van der Waals surface area contributed by atoms with Gasteiger partial charge in [0.1, 0.15) is 5.75 Å². The number of nitrogens with zero attached hydrogens (tertiary/aromatic N) is 1. The smallest absolute Gasteiger partial charge is 0.255 e. The van der Waals surface area contributed by atoms with Gasteiger partial charge in [0.25, 0.3) is 5.91 Å². The monoisotopic (exact) mass is 468 g/mol. The van der Waals surface area contributed by atoms with E-state index in [2.05, 4.69) is 5.32 Å². The van der Waals surface area contributed by atoms with Crippen LogP contribution in [0.25, 0.3) is 0 Å². The molecular weight excluding hydrogens is 444 g/mol. The number of carbonyl (C=O) groups excluding carboxylic acids is 1. The van der Waals surface area contributed by atoms with Crippen LogP contribution >= 0.6 is 11.6 Å². The highest BCUT2D eigenvalue weighted by Gasteiger charge is 2.27. The lowest BCUT2D eigenvalue weighted by molar-refractivity contribution is 0.102. The number of hydrogen-bond donors (Lipinski definition) is 1. The first kappa shape index (κ1) is 23.2. The van der Waals surface area contributed by atoms with Crippen molar-refractivity contribution in [2.75, 3.05) is 39.7 Å². The molecule has 1 saturated heterocycles. The first-order valence-corrected chi connectivity index (χ1v) is 11.5. The predicted molar refractivity (Wildman–Crippen MR) is 118 cm³/mol. The number of halogens is 1. The number of rotatable bonds is 7. The molecule has 8 nitrogen and oxygen atoms in total. The van der Waals surface area contributed by atoms with Gasteiger partial charge in [0.15, 0.2) is 11.5 Å². The Labute approximate surface area is 187 Å². The Kier molecular flexibility index (Phi) is 7.30. The van der Waals surface area contributed by atoms with Crippen molar-refractivity contribution < 1.29 is 27.4 Å². The molecule has 0 saturated carbocycles. The van der Waals surface area contributed by atoms with Crippen molar-refractivity contribution in [2.45, 2.75) is 24.2 Å². The Morgan fingerprint density at radius 1 is 0.968 bits per heavy atom. The lowest BCUT2D eigenvalue weighted by Crippen LogP contribution is -2.35. The highest BCUT2D eigenvalue weighted by Crippen LogP contribution is 2.37. The molecule has 31 heavy (non-hydrogen) atoms. The quantitative estimate of drug-likeness (QED) is 0.664. The second kappa shape index (κ2) is 9.76. The summed E-state index contributed by atoms with van der Waals surface area (Å²) in [5.41, 5.74) is 0.450. The molecule has 3 rings (SSSR count).